The van der Waals surface area contributed by atoms with Gasteiger partial charge in [-0.1, -0.05) is 23.7 Å². The van der Waals surface area contributed by atoms with Gasteiger partial charge in [0.05, 0.1) is 11.0 Å². The molecule has 3 rings (SSSR count). The Morgan fingerprint density at radius 3 is 2.56 bits per heavy atom. The number of carbonyl (C=O) groups is 2. The number of ether oxygens (including phenoxy) is 2. The van der Waals surface area contributed by atoms with Gasteiger partial charge in [0.1, 0.15) is 17.6 Å². The van der Waals surface area contributed by atoms with E-state index in [9.17, 15) is 22.8 Å². The maximum absolute atomic E-state index is 13.6. The quantitative estimate of drug-likeness (QED) is 0.432. The summed E-state index contributed by atoms with van der Waals surface area (Å²) in [5.74, 6) is -0.901. The molecular weight excluding hydrogens is 499 g/mol. The largest absolute Gasteiger partial charge is 0.508 e. The van der Waals surface area contributed by atoms with Crippen molar-refractivity contribution in [1.82, 2.24) is 20.2 Å². The van der Waals surface area contributed by atoms with Gasteiger partial charge in [0.25, 0.3) is 0 Å². The maximum atomic E-state index is 13.6. The maximum Gasteiger partial charge on any atom is 0.508 e. The number of thioether (sulfide) groups is 1. The van der Waals surface area contributed by atoms with Gasteiger partial charge in [0.2, 0.25) is 11.9 Å². The summed E-state index contributed by atoms with van der Waals surface area (Å²) in [4.78, 5) is 25.7. The van der Waals surface area contributed by atoms with Crippen molar-refractivity contribution in [3.63, 3.8) is 0 Å². The Balaban J connectivity index is 1.93. The van der Waals surface area contributed by atoms with Crippen LogP contribution in [0.1, 0.15) is 39.0 Å². The zero-order chi connectivity index (χ0) is 25.1. The first-order valence-electron chi connectivity index (χ1n) is 10.6. The molecule has 14 heteroatoms. The van der Waals surface area contributed by atoms with Gasteiger partial charge >= 0.3 is 12.3 Å². The third-order valence-corrected chi connectivity index (χ3v) is 7.57. The monoisotopic (exact) mass is 523 g/mol. The van der Waals surface area contributed by atoms with E-state index in [1.807, 2.05) is 0 Å². The van der Waals surface area contributed by atoms with E-state index < -0.39 is 40.7 Å². The van der Waals surface area contributed by atoms with E-state index in [0.29, 0.717) is 12.8 Å². The second-order valence-corrected chi connectivity index (χ2v) is 9.36. The summed E-state index contributed by atoms with van der Waals surface area (Å²) in [6, 6.07) is 0. The molecule has 0 aromatic carbocycles. The molecule has 34 heavy (non-hydrogen) atoms. The van der Waals surface area contributed by atoms with Crippen LogP contribution in [0, 0.1) is 5.41 Å². The third-order valence-electron chi connectivity index (χ3n) is 5.97. The highest BCUT2D eigenvalue weighted by Gasteiger charge is 2.55. The fraction of sp³-hybridized carbons (Fsp3) is 0.650. The fourth-order valence-corrected chi connectivity index (χ4v) is 5.58. The highest BCUT2D eigenvalue weighted by molar-refractivity contribution is 8.02. The normalized spacial score (nSPS) is 24.6. The summed E-state index contributed by atoms with van der Waals surface area (Å²) in [6.45, 7) is 1.38. The Bertz CT molecular complexity index is 980. The van der Waals surface area contributed by atoms with Crippen LogP contribution in [0.25, 0.3) is 0 Å². The minimum Gasteiger partial charge on any atom is -0.431 e. The molecule has 1 aromatic heterocycles. The number of tetrazole rings is 1. The van der Waals surface area contributed by atoms with Gasteiger partial charge in [-0.05, 0) is 49.3 Å². The van der Waals surface area contributed by atoms with Gasteiger partial charge < -0.3 is 9.47 Å². The number of aryl methyl sites for hydroxylation is 1. The lowest BCUT2D eigenvalue weighted by atomic mass is 9.74. The second-order valence-electron chi connectivity index (χ2n) is 8.08. The molecule has 2 aliphatic rings. The van der Waals surface area contributed by atoms with Crippen LogP contribution >= 0.6 is 23.4 Å². The van der Waals surface area contributed by atoms with Gasteiger partial charge in [-0.15, -0.1) is 23.4 Å². The first-order valence-corrected chi connectivity index (χ1v) is 12.3. The Morgan fingerprint density at radius 1 is 1.32 bits per heavy atom. The Labute approximate surface area is 203 Å². The molecule has 0 spiro atoms. The molecular formula is C20H25ClF3N5O4S. The van der Waals surface area contributed by atoms with Crippen molar-refractivity contribution in [2.45, 2.75) is 62.8 Å². The van der Waals surface area contributed by atoms with Crippen molar-refractivity contribution in [2.24, 2.45) is 12.5 Å². The van der Waals surface area contributed by atoms with Crippen molar-refractivity contribution in [3.05, 3.63) is 22.6 Å². The van der Waals surface area contributed by atoms with Crippen molar-refractivity contribution < 1.29 is 32.2 Å². The fourth-order valence-electron chi connectivity index (χ4n) is 4.04. The lowest BCUT2D eigenvalue weighted by Gasteiger charge is -2.41. The molecule has 1 N–H and O–H groups in total. The van der Waals surface area contributed by atoms with Crippen LogP contribution < -0.4 is 5.32 Å². The number of hydrogen-bond acceptors (Lipinski definition) is 8. The van der Waals surface area contributed by atoms with Crippen molar-refractivity contribution in [3.8, 4) is 0 Å². The van der Waals surface area contributed by atoms with E-state index in [4.69, 9.17) is 21.1 Å². The molecule has 0 aliphatic heterocycles. The Kier molecular flexibility index (Phi) is 8.17. The first-order chi connectivity index (χ1) is 16.0. The van der Waals surface area contributed by atoms with Crippen LogP contribution in [0.4, 0.5) is 23.9 Å². The lowest BCUT2D eigenvalue weighted by molar-refractivity contribution is -0.129. The third kappa shape index (κ3) is 5.35. The van der Waals surface area contributed by atoms with E-state index in [1.165, 1.54) is 20.2 Å². The zero-order valence-corrected chi connectivity index (χ0v) is 20.3. The predicted molar refractivity (Wildman–Crippen MR) is 119 cm³/mol. The molecule has 1 amide bonds. The standard InChI is InChI=1S/C20H25ClF3N5O4S/c1-11(32-18(31)33-12-7-5-4-6-8-12)19(16(30)25-17-26-27-28-29(17)2)10-9-13(20(22,23)24)14(34-3)15(19)21/h9-12,15H,4-8H2,1-3H3,(H,25,26,28,30). The molecule has 3 unspecified atom stereocenters. The SMILES string of the molecule is CSC1=C(C(F)(F)F)C=CC(C(=O)Nc2nnnn2C)(C(C)OC(=O)OC2CCCCC2)C1Cl. The highest BCUT2D eigenvalue weighted by atomic mass is 35.5. The van der Waals surface area contributed by atoms with Crippen LogP contribution in [-0.4, -0.2) is 62.3 Å². The summed E-state index contributed by atoms with van der Waals surface area (Å²) in [5.41, 5.74) is -2.88. The van der Waals surface area contributed by atoms with Crippen molar-refractivity contribution in [1.29, 1.82) is 0 Å². The Hall–Kier alpha value is -2.28. The average Bonchev–Trinajstić information content (AvgIpc) is 3.17. The number of rotatable bonds is 6. The molecule has 1 aromatic rings. The molecule has 2 aliphatic carbocycles. The molecule has 1 saturated carbocycles. The molecule has 0 saturated heterocycles. The molecule has 9 nitrogen and oxygen atoms in total. The minimum atomic E-state index is -4.69. The van der Waals surface area contributed by atoms with E-state index in [2.05, 4.69) is 20.8 Å². The number of halogens is 4. The van der Waals surface area contributed by atoms with E-state index in [-0.39, 0.29) is 17.0 Å². The summed E-state index contributed by atoms with van der Waals surface area (Å²) >= 11 is 7.33. The zero-order valence-electron chi connectivity index (χ0n) is 18.8. The summed E-state index contributed by atoms with van der Waals surface area (Å²) in [7, 11) is 1.47. The molecule has 188 valence electrons. The smallest absolute Gasteiger partial charge is 0.431 e. The molecule has 0 bridgehead atoms. The molecule has 1 heterocycles. The van der Waals surface area contributed by atoms with Crippen LogP contribution in [0.3, 0.4) is 0 Å². The number of nitrogens with zero attached hydrogens (tertiary/aromatic N) is 4. The number of anilines is 1. The molecule has 1 fully saturated rings. The van der Waals surface area contributed by atoms with Gasteiger partial charge in [-0.3, -0.25) is 10.1 Å². The Morgan fingerprint density at radius 2 is 2.00 bits per heavy atom. The van der Waals surface area contributed by atoms with Crippen molar-refractivity contribution in [2.75, 3.05) is 11.6 Å². The van der Waals surface area contributed by atoms with Crippen molar-refractivity contribution >= 4 is 41.4 Å². The number of allylic oxidation sites excluding steroid dienone is 3. The van der Waals surface area contributed by atoms with Gasteiger partial charge in [-0.25, -0.2) is 9.48 Å². The van der Waals surface area contributed by atoms with Gasteiger partial charge in [-0.2, -0.15) is 13.2 Å². The van der Waals surface area contributed by atoms with E-state index in [1.54, 1.807) is 0 Å². The van der Waals surface area contributed by atoms with Gasteiger partial charge in [0, 0.05) is 12.0 Å². The lowest BCUT2D eigenvalue weighted by Crippen LogP contribution is -2.53. The van der Waals surface area contributed by atoms with E-state index >= 15 is 0 Å². The highest BCUT2D eigenvalue weighted by Crippen LogP contribution is 2.49. The number of amides is 1. The first kappa shape index (κ1) is 26.3. The number of alkyl halides is 4. The number of nitrogens with one attached hydrogen (secondary N) is 1. The van der Waals surface area contributed by atoms with Gasteiger partial charge in [0.15, 0.2) is 0 Å². The van der Waals surface area contributed by atoms with Crippen LogP contribution in [0.5, 0.6) is 0 Å². The minimum absolute atomic E-state index is 0.0603. The van der Waals surface area contributed by atoms with Crippen LogP contribution in [0.2, 0.25) is 0 Å². The summed E-state index contributed by atoms with van der Waals surface area (Å²) in [5, 5.41) is 11.7. The summed E-state index contributed by atoms with van der Waals surface area (Å²) < 4.78 is 52.8. The van der Waals surface area contributed by atoms with Crippen LogP contribution in [0.15, 0.2) is 22.6 Å². The number of aromatic nitrogens is 4. The number of carbonyl (C=O) groups excluding carboxylic acids is 2. The second kappa shape index (κ2) is 10.5. The molecule has 0 radical (unpaired) electrons. The van der Waals surface area contributed by atoms with E-state index in [0.717, 1.165) is 47.9 Å². The molecule has 3 atom stereocenters. The number of hydrogen-bond donors (Lipinski definition) is 1. The van der Waals surface area contributed by atoms with Crippen LogP contribution in [-0.2, 0) is 21.3 Å². The summed E-state index contributed by atoms with van der Waals surface area (Å²) in [6.07, 6.45) is 0.194. The topological polar surface area (TPSA) is 108 Å². The predicted octanol–water partition coefficient (Wildman–Crippen LogP) is 4.37. The average molecular weight is 524 g/mol.